The Kier molecular flexibility index (Phi) is 2.61. The molecular formula is C11H18O. The number of aliphatic hydroxyl groups is 1. The van der Waals surface area contributed by atoms with Gasteiger partial charge >= 0.3 is 0 Å². The molecule has 0 unspecified atom stereocenters. The summed E-state index contributed by atoms with van der Waals surface area (Å²) in [5.74, 6) is 0. The van der Waals surface area contributed by atoms with Crippen LogP contribution in [0.15, 0.2) is 23.5 Å². The molecule has 0 bridgehead atoms. The fraction of sp³-hybridized carbons (Fsp3) is 0.636. The van der Waals surface area contributed by atoms with Crippen LogP contribution in [0.5, 0.6) is 0 Å². The van der Waals surface area contributed by atoms with Gasteiger partial charge in [0, 0.05) is 0 Å². The van der Waals surface area contributed by atoms with E-state index in [0.29, 0.717) is 0 Å². The van der Waals surface area contributed by atoms with Crippen molar-refractivity contribution in [3.63, 3.8) is 0 Å². The fourth-order valence-electron chi connectivity index (χ4n) is 2.08. The highest BCUT2D eigenvalue weighted by Crippen LogP contribution is 2.40. The van der Waals surface area contributed by atoms with Crippen molar-refractivity contribution in [3.8, 4) is 0 Å². The Bertz CT molecular complexity index is 221. The molecule has 1 aliphatic carbocycles. The van der Waals surface area contributed by atoms with Gasteiger partial charge in [0.25, 0.3) is 0 Å². The summed E-state index contributed by atoms with van der Waals surface area (Å²) < 4.78 is 0. The molecule has 0 saturated heterocycles. The van der Waals surface area contributed by atoms with Crippen molar-refractivity contribution >= 4 is 0 Å². The van der Waals surface area contributed by atoms with Crippen LogP contribution in [-0.4, -0.2) is 5.11 Å². The molecule has 0 aromatic rings. The number of hydrogen-bond acceptors (Lipinski definition) is 1. The third-order valence-corrected chi connectivity index (χ3v) is 2.78. The Balaban J connectivity index is 3.00. The van der Waals surface area contributed by atoms with E-state index in [9.17, 15) is 0 Å². The first kappa shape index (κ1) is 9.37. The minimum atomic E-state index is 0.252. The molecule has 1 heteroatoms. The van der Waals surface area contributed by atoms with Gasteiger partial charge in [-0.25, -0.2) is 0 Å². The molecule has 0 radical (unpaired) electrons. The van der Waals surface area contributed by atoms with Crippen LogP contribution in [0.2, 0.25) is 0 Å². The second kappa shape index (κ2) is 3.34. The van der Waals surface area contributed by atoms with Crippen molar-refractivity contribution in [2.75, 3.05) is 0 Å². The highest BCUT2D eigenvalue weighted by Gasteiger charge is 2.26. The van der Waals surface area contributed by atoms with Gasteiger partial charge in [0.1, 0.15) is 0 Å². The maximum absolute atomic E-state index is 8.75. The van der Waals surface area contributed by atoms with Crippen molar-refractivity contribution in [1.82, 2.24) is 0 Å². The summed E-state index contributed by atoms with van der Waals surface area (Å²) in [5, 5.41) is 8.75. The minimum absolute atomic E-state index is 0.252. The third-order valence-electron chi connectivity index (χ3n) is 2.78. The van der Waals surface area contributed by atoms with Crippen molar-refractivity contribution in [3.05, 3.63) is 23.5 Å². The molecule has 0 saturated carbocycles. The van der Waals surface area contributed by atoms with Gasteiger partial charge in [0.05, 0.1) is 6.26 Å². The first-order chi connectivity index (χ1) is 5.58. The molecule has 1 nitrogen and oxygen atoms in total. The van der Waals surface area contributed by atoms with Gasteiger partial charge < -0.3 is 5.11 Å². The maximum Gasteiger partial charge on any atom is 0.0794 e. The molecule has 12 heavy (non-hydrogen) atoms. The lowest BCUT2D eigenvalue weighted by Crippen LogP contribution is -2.18. The molecule has 0 atom stereocenters. The minimum Gasteiger partial charge on any atom is -0.516 e. The lowest BCUT2D eigenvalue weighted by molar-refractivity contribution is 0.373. The highest BCUT2D eigenvalue weighted by molar-refractivity contribution is 5.31. The summed E-state index contributed by atoms with van der Waals surface area (Å²) in [4.78, 5) is 0. The molecule has 0 aliphatic heterocycles. The Morgan fingerprint density at radius 1 is 1.42 bits per heavy atom. The fourth-order valence-corrected chi connectivity index (χ4v) is 2.08. The van der Waals surface area contributed by atoms with Crippen molar-refractivity contribution in [2.45, 2.75) is 40.0 Å². The van der Waals surface area contributed by atoms with Crippen molar-refractivity contribution in [1.29, 1.82) is 0 Å². The van der Waals surface area contributed by atoms with Gasteiger partial charge in [0.15, 0.2) is 0 Å². The monoisotopic (exact) mass is 166 g/mol. The zero-order chi connectivity index (χ0) is 9.19. The van der Waals surface area contributed by atoms with E-state index in [2.05, 4.69) is 20.8 Å². The van der Waals surface area contributed by atoms with E-state index in [1.54, 1.807) is 0 Å². The van der Waals surface area contributed by atoms with Gasteiger partial charge in [-0.05, 0) is 43.3 Å². The van der Waals surface area contributed by atoms with Crippen LogP contribution < -0.4 is 0 Å². The molecule has 0 fully saturated rings. The van der Waals surface area contributed by atoms with E-state index in [1.165, 1.54) is 30.4 Å². The molecule has 0 aromatic heterocycles. The Labute approximate surface area is 74.8 Å². The van der Waals surface area contributed by atoms with Gasteiger partial charge in [-0.15, -0.1) is 0 Å². The van der Waals surface area contributed by atoms with Gasteiger partial charge in [-0.3, -0.25) is 0 Å². The molecule has 0 spiro atoms. The molecule has 0 aromatic carbocycles. The van der Waals surface area contributed by atoms with E-state index < -0.39 is 0 Å². The maximum atomic E-state index is 8.75. The van der Waals surface area contributed by atoms with Crippen LogP contribution in [0.3, 0.4) is 0 Å². The number of aliphatic hydroxyl groups excluding tert-OH is 1. The number of allylic oxidation sites excluding steroid dienone is 3. The molecular weight excluding hydrogens is 148 g/mol. The lowest BCUT2D eigenvalue weighted by Gasteiger charge is -2.32. The smallest absolute Gasteiger partial charge is 0.0794 e. The van der Waals surface area contributed by atoms with Crippen LogP contribution in [0.1, 0.15) is 40.0 Å². The molecule has 1 rings (SSSR count). The second-order valence-corrected chi connectivity index (χ2v) is 4.25. The summed E-state index contributed by atoms with van der Waals surface area (Å²) in [6.07, 6.45) is 6.69. The first-order valence-electron chi connectivity index (χ1n) is 4.59. The molecule has 1 N–H and O–H groups in total. The summed E-state index contributed by atoms with van der Waals surface area (Å²) >= 11 is 0. The summed E-state index contributed by atoms with van der Waals surface area (Å²) in [6, 6.07) is 0. The largest absolute Gasteiger partial charge is 0.516 e. The zero-order valence-corrected chi connectivity index (χ0v) is 8.22. The predicted molar refractivity (Wildman–Crippen MR) is 52.1 cm³/mol. The van der Waals surface area contributed by atoms with E-state index in [0.717, 1.165) is 6.26 Å². The standard InChI is InChI=1S/C11H18O/c1-9-5-4-7-11(2,3)10(9)6-8-12/h6,8,12H,4-5,7H2,1-3H3. The summed E-state index contributed by atoms with van der Waals surface area (Å²) in [6.45, 7) is 6.65. The van der Waals surface area contributed by atoms with Crippen LogP contribution in [-0.2, 0) is 0 Å². The topological polar surface area (TPSA) is 20.2 Å². The number of rotatable bonds is 1. The zero-order valence-electron chi connectivity index (χ0n) is 8.22. The second-order valence-electron chi connectivity index (χ2n) is 4.25. The average Bonchev–Trinajstić information content (AvgIpc) is 1.97. The SMILES string of the molecule is CC1=C(C=CO)C(C)(C)CCC1. The van der Waals surface area contributed by atoms with Gasteiger partial charge in [-0.1, -0.05) is 19.4 Å². The molecule has 1 aliphatic rings. The third kappa shape index (κ3) is 1.71. The van der Waals surface area contributed by atoms with Crippen LogP contribution in [0.25, 0.3) is 0 Å². The van der Waals surface area contributed by atoms with Crippen molar-refractivity contribution < 1.29 is 5.11 Å². The van der Waals surface area contributed by atoms with E-state index in [-0.39, 0.29) is 5.41 Å². The molecule has 68 valence electrons. The Hall–Kier alpha value is -0.720. The first-order valence-corrected chi connectivity index (χ1v) is 4.59. The summed E-state index contributed by atoms with van der Waals surface area (Å²) in [7, 11) is 0. The van der Waals surface area contributed by atoms with Crippen molar-refractivity contribution in [2.24, 2.45) is 5.41 Å². The number of hydrogen-bond donors (Lipinski definition) is 1. The normalized spacial score (nSPS) is 23.6. The van der Waals surface area contributed by atoms with Crippen LogP contribution >= 0.6 is 0 Å². The van der Waals surface area contributed by atoms with Crippen LogP contribution in [0.4, 0.5) is 0 Å². The van der Waals surface area contributed by atoms with E-state index >= 15 is 0 Å². The molecule has 0 heterocycles. The van der Waals surface area contributed by atoms with Gasteiger partial charge in [0.2, 0.25) is 0 Å². The Morgan fingerprint density at radius 2 is 2.08 bits per heavy atom. The summed E-state index contributed by atoms with van der Waals surface area (Å²) in [5.41, 5.74) is 2.99. The van der Waals surface area contributed by atoms with Crippen LogP contribution in [0, 0.1) is 5.41 Å². The quantitative estimate of drug-likeness (QED) is 0.590. The van der Waals surface area contributed by atoms with E-state index in [1.807, 2.05) is 6.08 Å². The lowest BCUT2D eigenvalue weighted by atomic mass is 9.73. The molecule has 0 amide bonds. The van der Waals surface area contributed by atoms with Gasteiger partial charge in [-0.2, -0.15) is 0 Å². The van der Waals surface area contributed by atoms with E-state index in [4.69, 9.17) is 5.11 Å². The highest BCUT2D eigenvalue weighted by atomic mass is 16.2. The average molecular weight is 166 g/mol. The predicted octanol–water partition coefficient (Wildman–Crippen LogP) is 3.58. The Morgan fingerprint density at radius 3 is 2.58 bits per heavy atom.